The second-order valence-corrected chi connectivity index (χ2v) is 2.01. The van der Waals surface area contributed by atoms with E-state index in [1.54, 1.807) is 0 Å². The lowest BCUT2D eigenvalue weighted by molar-refractivity contribution is 0.631. The van der Waals surface area contributed by atoms with Gasteiger partial charge in [0, 0.05) is 6.04 Å². The van der Waals surface area contributed by atoms with E-state index in [9.17, 15) is 0 Å². The molecule has 0 saturated carbocycles. The molecular weight excluding hydrogens is 100 g/mol. The van der Waals surface area contributed by atoms with Crippen LogP contribution in [-0.2, 0) is 0 Å². The Morgan fingerprint density at radius 1 is 1.75 bits per heavy atom. The number of hydrogen-bond donors (Lipinski definition) is 2. The molecule has 8 heavy (non-hydrogen) atoms. The highest BCUT2D eigenvalue weighted by Gasteiger charge is 1.90. The van der Waals surface area contributed by atoms with Crippen molar-refractivity contribution in [1.82, 2.24) is 5.32 Å². The van der Waals surface area contributed by atoms with Crippen molar-refractivity contribution < 1.29 is 0 Å². The molecule has 0 aliphatic heterocycles. The number of nitrogens with two attached hydrogens (primary N) is 1. The molecule has 0 aromatic carbocycles. The molecule has 49 valence electrons. The molecule has 0 heterocycles. The summed E-state index contributed by atoms with van der Waals surface area (Å²) < 4.78 is 0. The van der Waals surface area contributed by atoms with Crippen molar-refractivity contribution in [1.29, 1.82) is 0 Å². The first-order valence-electron chi connectivity index (χ1n) is 3.00. The van der Waals surface area contributed by atoms with Gasteiger partial charge in [0.2, 0.25) is 0 Å². The Hall–Kier alpha value is -0.0800. The third kappa shape index (κ3) is 5.92. The predicted molar refractivity (Wildman–Crippen MR) is 36.5 cm³/mol. The summed E-state index contributed by atoms with van der Waals surface area (Å²) >= 11 is 0. The Balaban J connectivity index is 2.72. The van der Waals surface area contributed by atoms with E-state index < -0.39 is 0 Å². The highest BCUT2D eigenvalue weighted by molar-refractivity contribution is 4.62. The average molecular weight is 115 g/mol. The average Bonchev–Trinajstić information content (AvgIpc) is 1.66. The summed E-state index contributed by atoms with van der Waals surface area (Å²) in [6.45, 7) is 4.71. The molecule has 1 radical (unpaired) electrons. The molecular formula is C6H15N2. The molecule has 0 aliphatic rings. The van der Waals surface area contributed by atoms with Crippen LogP contribution in [0.3, 0.4) is 0 Å². The van der Waals surface area contributed by atoms with Crippen LogP contribution < -0.4 is 11.1 Å². The summed E-state index contributed by atoms with van der Waals surface area (Å²) in [7, 11) is 1.94. The molecule has 0 spiro atoms. The summed E-state index contributed by atoms with van der Waals surface area (Å²) in [4.78, 5) is 0. The third-order valence-corrected chi connectivity index (χ3v) is 1.00. The maximum absolute atomic E-state index is 5.39. The van der Waals surface area contributed by atoms with Gasteiger partial charge in [-0.15, -0.1) is 0 Å². The van der Waals surface area contributed by atoms with E-state index in [-0.39, 0.29) is 6.04 Å². The van der Waals surface area contributed by atoms with Gasteiger partial charge in [0.1, 0.15) is 0 Å². The number of hydrogen-bond acceptors (Lipinski definition) is 2. The zero-order valence-corrected chi connectivity index (χ0v) is 5.48. The monoisotopic (exact) mass is 115 g/mol. The van der Waals surface area contributed by atoms with E-state index in [0.717, 1.165) is 19.4 Å². The largest absolute Gasteiger partial charge is 0.328 e. The highest BCUT2D eigenvalue weighted by Crippen LogP contribution is 1.89. The predicted octanol–water partition coefficient (Wildman–Crippen LogP) is 0.147. The molecule has 1 atom stereocenters. The standard InChI is InChI=1S/C6H15N2/c1-6(7)4-3-5-8-2/h6,8H,1,3-5,7H2,2H3/t6-/m0/s1. The van der Waals surface area contributed by atoms with Crippen LogP contribution >= 0.6 is 0 Å². The molecule has 0 aromatic rings. The molecule has 0 rings (SSSR count). The molecule has 0 fully saturated rings. The van der Waals surface area contributed by atoms with E-state index in [1.807, 2.05) is 7.05 Å². The van der Waals surface area contributed by atoms with Gasteiger partial charge in [0.15, 0.2) is 0 Å². The minimum Gasteiger partial charge on any atom is -0.328 e. The van der Waals surface area contributed by atoms with E-state index in [2.05, 4.69) is 12.2 Å². The maximum Gasteiger partial charge on any atom is 0.00398 e. The van der Waals surface area contributed by atoms with Gasteiger partial charge in [-0.25, -0.2) is 0 Å². The Kier molecular flexibility index (Phi) is 5.01. The Morgan fingerprint density at radius 2 is 2.38 bits per heavy atom. The van der Waals surface area contributed by atoms with Gasteiger partial charge in [-0.2, -0.15) is 0 Å². The van der Waals surface area contributed by atoms with Crippen molar-refractivity contribution in [2.45, 2.75) is 18.9 Å². The summed E-state index contributed by atoms with van der Waals surface area (Å²) in [5.74, 6) is 0. The maximum atomic E-state index is 5.39. The van der Waals surface area contributed by atoms with Gasteiger partial charge in [-0.1, -0.05) is 0 Å². The molecule has 2 nitrogen and oxygen atoms in total. The first-order chi connectivity index (χ1) is 3.77. The van der Waals surface area contributed by atoms with Crippen LogP contribution in [0, 0.1) is 6.92 Å². The zero-order chi connectivity index (χ0) is 6.41. The molecule has 0 bridgehead atoms. The second-order valence-electron chi connectivity index (χ2n) is 2.01. The molecule has 0 aliphatic carbocycles. The first-order valence-corrected chi connectivity index (χ1v) is 3.00. The van der Waals surface area contributed by atoms with Gasteiger partial charge in [0.25, 0.3) is 0 Å². The van der Waals surface area contributed by atoms with E-state index >= 15 is 0 Å². The fourth-order valence-electron chi connectivity index (χ4n) is 0.541. The summed E-state index contributed by atoms with van der Waals surface area (Å²) in [6, 6.07) is 0.114. The van der Waals surface area contributed by atoms with Crippen molar-refractivity contribution in [3.8, 4) is 0 Å². The van der Waals surface area contributed by atoms with Crippen molar-refractivity contribution in [2.24, 2.45) is 5.73 Å². The van der Waals surface area contributed by atoms with Crippen LogP contribution in [-0.4, -0.2) is 19.6 Å². The van der Waals surface area contributed by atoms with Crippen LogP contribution in [0.1, 0.15) is 12.8 Å². The molecule has 0 unspecified atom stereocenters. The Labute approximate surface area is 51.5 Å². The lowest BCUT2D eigenvalue weighted by Gasteiger charge is -2.01. The summed E-state index contributed by atoms with van der Waals surface area (Å²) in [5.41, 5.74) is 5.39. The fourth-order valence-corrected chi connectivity index (χ4v) is 0.541. The zero-order valence-electron chi connectivity index (χ0n) is 5.48. The molecule has 0 aromatic heterocycles. The van der Waals surface area contributed by atoms with Crippen molar-refractivity contribution in [3.63, 3.8) is 0 Å². The second kappa shape index (κ2) is 5.06. The minimum atomic E-state index is 0.114. The first kappa shape index (κ1) is 7.92. The minimum absolute atomic E-state index is 0.114. The highest BCUT2D eigenvalue weighted by atomic mass is 14.8. The van der Waals surface area contributed by atoms with Crippen molar-refractivity contribution in [2.75, 3.05) is 13.6 Å². The molecule has 0 saturated heterocycles. The lowest BCUT2D eigenvalue weighted by atomic mass is 10.2. The summed E-state index contributed by atoms with van der Waals surface area (Å²) in [6.07, 6.45) is 2.14. The molecule has 3 N–H and O–H groups in total. The van der Waals surface area contributed by atoms with Gasteiger partial charge in [-0.3, -0.25) is 0 Å². The van der Waals surface area contributed by atoms with Crippen molar-refractivity contribution >= 4 is 0 Å². The topological polar surface area (TPSA) is 38.0 Å². The third-order valence-electron chi connectivity index (χ3n) is 1.00. The van der Waals surface area contributed by atoms with E-state index in [1.165, 1.54) is 0 Å². The number of rotatable bonds is 4. The molecule has 2 heteroatoms. The van der Waals surface area contributed by atoms with Crippen molar-refractivity contribution in [3.05, 3.63) is 6.92 Å². The lowest BCUT2D eigenvalue weighted by Crippen LogP contribution is -2.17. The number of nitrogens with one attached hydrogen (secondary N) is 1. The van der Waals surface area contributed by atoms with E-state index in [4.69, 9.17) is 5.73 Å². The summed E-state index contributed by atoms with van der Waals surface area (Å²) in [5, 5.41) is 3.04. The Bertz CT molecular complexity index is 43.8. The van der Waals surface area contributed by atoms with E-state index in [0.29, 0.717) is 0 Å². The SMILES string of the molecule is [CH2][C@H](N)CCCNC. The van der Waals surface area contributed by atoms with Crippen LogP contribution in [0.2, 0.25) is 0 Å². The van der Waals surface area contributed by atoms with Crippen LogP contribution in [0.25, 0.3) is 0 Å². The van der Waals surface area contributed by atoms with Crippen LogP contribution in [0.5, 0.6) is 0 Å². The Morgan fingerprint density at radius 3 is 2.75 bits per heavy atom. The van der Waals surface area contributed by atoms with Gasteiger partial charge in [0.05, 0.1) is 0 Å². The van der Waals surface area contributed by atoms with Gasteiger partial charge >= 0.3 is 0 Å². The van der Waals surface area contributed by atoms with Crippen LogP contribution in [0.4, 0.5) is 0 Å². The van der Waals surface area contributed by atoms with Gasteiger partial charge < -0.3 is 11.1 Å². The fraction of sp³-hybridized carbons (Fsp3) is 0.833. The van der Waals surface area contributed by atoms with Gasteiger partial charge in [-0.05, 0) is 33.4 Å². The van der Waals surface area contributed by atoms with Crippen LogP contribution in [0.15, 0.2) is 0 Å². The quantitative estimate of drug-likeness (QED) is 0.512. The smallest absolute Gasteiger partial charge is 0.00398 e. The normalized spacial score (nSPS) is 13.9. The molecule has 0 amide bonds.